The van der Waals surface area contributed by atoms with Gasteiger partial charge in [-0.15, -0.1) is 0 Å². The molecule has 0 bridgehead atoms. The zero-order chi connectivity index (χ0) is 14.4. The molecule has 0 saturated carbocycles. The number of carbonyl (C=O) groups excluding carboxylic acids is 1. The van der Waals surface area contributed by atoms with Crippen molar-refractivity contribution >= 4 is 29.0 Å². The number of hydrogen-bond donors (Lipinski definition) is 0. The van der Waals surface area contributed by atoms with E-state index in [1.54, 1.807) is 12.1 Å². The van der Waals surface area contributed by atoms with Gasteiger partial charge in [-0.1, -0.05) is 37.0 Å². The second kappa shape index (κ2) is 7.83. The van der Waals surface area contributed by atoms with E-state index in [1.165, 1.54) is 0 Å². The first-order valence-electron chi connectivity index (χ1n) is 6.58. The van der Waals surface area contributed by atoms with E-state index in [-0.39, 0.29) is 16.1 Å². The highest BCUT2D eigenvalue weighted by Crippen LogP contribution is 2.17. The fourth-order valence-electron chi connectivity index (χ4n) is 2.14. The van der Waals surface area contributed by atoms with E-state index in [0.717, 1.165) is 19.5 Å². The summed E-state index contributed by atoms with van der Waals surface area (Å²) in [4.78, 5) is 18.3. The Morgan fingerprint density at radius 3 is 2.26 bits per heavy atom. The van der Waals surface area contributed by atoms with Gasteiger partial charge in [-0.2, -0.15) is 0 Å². The number of hydrogen-bond acceptors (Lipinski definition) is 3. The monoisotopic (exact) mass is 302 g/mol. The van der Waals surface area contributed by atoms with Crippen LogP contribution in [0.1, 0.15) is 44.0 Å². The fourth-order valence-corrected chi connectivity index (χ4v) is 2.60. The Labute approximate surface area is 124 Å². The van der Waals surface area contributed by atoms with E-state index in [1.807, 2.05) is 0 Å². The van der Waals surface area contributed by atoms with Crippen LogP contribution in [-0.4, -0.2) is 34.8 Å². The normalized spacial score (nSPS) is 12.7. The minimum Gasteiger partial charge on any atom is -0.301 e. The number of ketones is 1. The number of rotatable bonds is 7. The SMILES string of the molecule is CCN(CC)[C@@H](C)CCC(=O)c1cc(Cl)nc(Cl)c1. The first-order chi connectivity index (χ1) is 8.97. The molecule has 1 heterocycles. The van der Waals surface area contributed by atoms with Crippen LogP contribution in [-0.2, 0) is 0 Å². The second-order valence-corrected chi connectivity index (χ2v) is 5.31. The fraction of sp³-hybridized carbons (Fsp3) is 0.571. The molecule has 0 unspecified atom stereocenters. The predicted molar refractivity (Wildman–Crippen MR) is 80.2 cm³/mol. The number of Topliss-reactive ketones (excluding diaryl/α,β-unsaturated/α-hetero) is 1. The summed E-state index contributed by atoms with van der Waals surface area (Å²) in [6.07, 6.45) is 1.33. The first kappa shape index (κ1) is 16.4. The summed E-state index contributed by atoms with van der Waals surface area (Å²) in [5.74, 6) is 0.0604. The lowest BCUT2D eigenvalue weighted by Crippen LogP contribution is -2.33. The Balaban J connectivity index is 2.60. The summed E-state index contributed by atoms with van der Waals surface area (Å²) in [6, 6.07) is 3.53. The molecule has 0 spiro atoms. The van der Waals surface area contributed by atoms with Crippen LogP contribution in [0.2, 0.25) is 10.3 Å². The third-order valence-corrected chi connectivity index (χ3v) is 3.70. The van der Waals surface area contributed by atoms with Gasteiger partial charge in [0.15, 0.2) is 5.78 Å². The van der Waals surface area contributed by atoms with E-state index < -0.39 is 0 Å². The molecule has 3 nitrogen and oxygen atoms in total. The highest BCUT2D eigenvalue weighted by atomic mass is 35.5. The lowest BCUT2D eigenvalue weighted by atomic mass is 10.0. The van der Waals surface area contributed by atoms with Gasteiger partial charge in [-0.25, -0.2) is 4.98 Å². The highest BCUT2D eigenvalue weighted by molar-refractivity contribution is 6.33. The first-order valence-corrected chi connectivity index (χ1v) is 7.33. The van der Waals surface area contributed by atoms with E-state index in [2.05, 4.69) is 30.7 Å². The molecule has 0 aliphatic heterocycles. The van der Waals surface area contributed by atoms with Crippen molar-refractivity contribution in [3.05, 3.63) is 28.0 Å². The number of halogens is 2. The van der Waals surface area contributed by atoms with Gasteiger partial charge in [0, 0.05) is 18.0 Å². The average molecular weight is 303 g/mol. The topological polar surface area (TPSA) is 33.2 Å². The van der Waals surface area contributed by atoms with Crippen LogP contribution in [0.4, 0.5) is 0 Å². The summed E-state index contributed by atoms with van der Waals surface area (Å²) in [7, 11) is 0. The van der Waals surface area contributed by atoms with Gasteiger partial charge >= 0.3 is 0 Å². The molecule has 106 valence electrons. The van der Waals surface area contributed by atoms with Crippen LogP contribution < -0.4 is 0 Å². The van der Waals surface area contributed by atoms with Crippen LogP contribution in [0.15, 0.2) is 12.1 Å². The molecule has 0 aliphatic carbocycles. The Morgan fingerprint density at radius 1 is 1.26 bits per heavy atom. The Hall–Kier alpha value is -0.640. The predicted octanol–water partition coefficient (Wildman–Crippen LogP) is 4.08. The molecule has 19 heavy (non-hydrogen) atoms. The minimum atomic E-state index is 0.0604. The van der Waals surface area contributed by atoms with Gasteiger partial charge in [0.1, 0.15) is 10.3 Å². The molecule has 0 saturated heterocycles. The molecular formula is C14H20Cl2N2O. The maximum absolute atomic E-state index is 12.1. The third kappa shape index (κ3) is 5.09. The Kier molecular flexibility index (Phi) is 6.76. The molecule has 0 aliphatic rings. The number of pyridine rings is 1. The quantitative estimate of drug-likeness (QED) is 0.562. The van der Waals surface area contributed by atoms with Crippen molar-refractivity contribution in [1.29, 1.82) is 0 Å². The van der Waals surface area contributed by atoms with Crippen molar-refractivity contribution in [2.75, 3.05) is 13.1 Å². The maximum Gasteiger partial charge on any atom is 0.163 e. The molecular weight excluding hydrogens is 283 g/mol. The summed E-state index contributed by atoms with van der Waals surface area (Å²) in [5, 5.41) is 0.514. The van der Waals surface area contributed by atoms with Crippen molar-refractivity contribution in [3.63, 3.8) is 0 Å². The Bertz CT molecular complexity index is 413. The van der Waals surface area contributed by atoms with Crippen LogP contribution in [0.3, 0.4) is 0 Å². The standard InChI is InChI=1S/C14H20Cl2N2O/c1-4-18(5-2)10(3)6-7-12(19)11-8-13(15)17-14(16)9-11/h8-10H,4-7H2,1-3H3/t10-/m0/s1. The van der Waals surface area contributed by atoms with E-state index in [0.29, 0.717) is 18.0 Å². The molecule has 0 aromatic carbocycles. The van der Waals surface area contributed by atoms with Gasteiger partial charge in [-0.05, 0) is 38.6 Å². The van der Waals surface area contributed by atoms with Crippen LogP contribution in [0.25, 0.3) is 0 Å². The zero-order valence-corrected chi connectivity index (χ0v) is 13.1. The molecule has 1 atom stereocenters. The molecule has 0 amide bonds. The van der Waals surface area contributed by atoms with Crippen molar-refractivity contribution in [2.24, 2.45) is 0 Å². The molecule has 0 radical (unpaired) electrons. The smallest absolute Gasteiger partial charge is 0.163 e. The molecule has 1 rings (SSSR count). The largest absolute Gasteiger partial charge is 0.301 e. The van der Waals surface area contributed by atoms with E-state index >= 15 is 0 Å². The Morgan fingerprint density at radius 2 is 1.79 bits per heavy atom. The van der Waals surface area contributed by atoms with E-state index in [4.69, 9.17) is 23.2 Å². The molecule has 1 aromatic heterocycles. The van der Waals surface area contributed by atoms with Gasteiger partial charge in [-0.3, -0.25) is 4.79 Å². The lowest BCUT2D eigenvalue weighted by molar-refractivity contribution is 0.0964. The van der Waals surface area contributed by atoms with Crippen molar-refractivity contribution in [3.8, 4) is 0 Å². The van der Waals surface area contributed by atoms with E-state index in [9.17, 15) is 4.79 Å². The van der Waals surface area contributed by atoms with Crippen LogP contribution >= 0.6 is 23.2 Å². The number of aromatic nitrogens is 1. The lowest BCUT2D eigenvalue weighted by Gasteiger charge is -2.26. The number of nitrogens with zero attached hydrogens (tertiary/aromatic N) is 2. The average Bonchev–Trinajstić information content (AvgIpc) is 2.36. The highest BCUT2D eigenvalue weighted by Gasteiger charge is 2.14. The summed E-state index contributed by atoms with van der Waals surface area (Å²) >= 11 is 11.6. The molecule has 0 fully saturated rings. The zero-order valence-electron chi connectivity index (χ0n) is 11.6. The van der Waals surface area contributed by atoms with Gasteiger partial charge in [0.05, 0.1) is 0 Å². The van der Waals surface area contributed by atoms with Crippen molar-refractivity contribution in [1.82, 2.24) is 9.88 Å². The number of carbonyl (C=O) groups is 1. The summed E-state index contributed by atoms with van der Waals surface area (Å²) in [5.41, 5.74) is 0.539. The van der Waals surface area contributed by atoms with Crippen molar-refractivity contribution < 1.29 is 4.79 Å². The van der Waals surface area contributed by atoms with Gasteiger partial charge < -0.3 is 4.90 Å². The third-order valence-electron chi connectivity index (χ3n) is 3.31. The summed E-state index contributed by atoms with van der Waals surface area (Å²) in [6.45, 7) is 8.40. The summed E-state index contributed by atoms with van der Waals surface area (Å²) < 4.78 is 0. The van der Waals surface area contributed by atoms with Crippen LogP contribution in [0.5, 0.6) is 0 Å². The maximum atomic E-state index is 12.1. The van der Waals surface area contributed by atoms with Gasteiger partial charge in [0.25, 0.3) is 0 Å². The molecule has 5 heteroatoms. The minimum absolute atomic E-state index is 0.0604. The second-order valence-electron chi connectivity index (χ2n) is 4.53. The molecule has 0 N–H and O–H groups in total. The van der Waals surface area contributed by atoms with Crippen LogP contribution in [0, 0.1) is 0 Å². The van der Waals surface area contributed by atoms with Gasteiger partial charge in [0.2, 0.25) is 0 Å². The van der Waals surface area contributed by atoms with Crippen molar-refractivity contribution in [2.45, 2.75) is 39.7 Å². The molecule has 1 aromatic rings.